The zero-order valence-corrected chi connectivity index (χ0v) is 21.8. The second-order valence-corrected chi connectivity index (χ2v) is 8.83. The Hall–Kier alpha value is -4.49. The number of H-pyrrole nitrogens is 1. The second-order valence-electron chi connectivity index (χ2n) is 8.43. The molecule has 192 valence electrons. The fourth-order valence-electron chi connectivity index (χ4n) is 4.11. The fraction of sp³-hybridized carbons (Fsp3) is 0.133. The minimum Gasteiger partial charge on any atom is -0.494 e. The molecule has 2 aliphatic heterocycles. The van der Waals surface area contributed by atoms with Crippen LogP contribution in [-0.2, 0) is 0 Å². The molecule has 0 bridgehead atoms. The molecular formula is C30H27ClN4O3. The van der Waals surface area contributed by atoms with Gasteiger partial charge in [-0.15, -0.1) is 0 Å². The minimum atomic E-state index is 0.561. The monoisotopic (exact) mass is 526 g/mol. The maximum absolute atomic E-state index is 9.68. The number of pyridine rings is 2. The molecule has 2 N–H and O–H groups in total. The number of nitrogens with zero attached hydrogens (tertiary/aromatic N) is 3. The summed E-state index contributed by atoms with van der Waals surface area (Å²) in [6.45, 7) is 5.26. The van der Waals surface area contributed by atoms with E-state index in [-0.39, 0.29) is 0 Å². The molecule has 0 amide bonds. The Bertz CT molecular complexity index is 1560. The highest BCUT2D eigenvalue weighted by Gasteiger charge is 2.13. The molecule has 0 fully saturated rings. The van der Waals surface area contributed by atoms with E-state index >= 15 is 0 Å². The summed E-state index contributed by atoms with van der Waals surface area (Å²) in [5.74, 6) is 2.28. The van der Waals surface area contributed by atoms with Gasteiger partial charge in [-0.25, -0.2) is 9.97 Å². The zero-order valence-electron chi connectivity index (χ0n) is 21.1. The van der Waals surface area contributed by atoms with Crippen LogP contribution in [0.5, 0.6) is 11.5 Å². The van der Waals surface area contributed by atoms with Gasteiger partial charge in [0, 0.05) is 34.6 Å². The lowest BCUT2D eigenvalue weighted by Gasteiger charge is -2.03. The molecule has 8 heteroatoms. The predicted octanol–water partition coefficient (Wildman–Crippen LogP) is 7.57. The molecule has 38 heavy (non-hydrogen) atoms. The third-order valence-corrected chi connectivity index (χ3v) is 6.24. The van der Waals surface area contributed by atoms with Crippen LogP contribution in [-0.4, -0.2) is 38.1 Å². The molecule has 0 radical (unpaired) electrons. The van der Waals surface area contributed by atoms with E-state index in [1.165, 1.54) is 0 Å². The quantitative estimate of drug-likeness (QED) is 0.218. The summed E-state index contributed by atoms with van der Waals surface area (Å²) in [5, 5.41) is 11.3. The van der Waals surface area contributed by atoms with Crippen molar-refractivity contribution in [3.63, 3.8) is 0 Å². The van der Waals surface area contributed by atoms with Crippen LogP contribution in [0.4, 0.5) is 0 Å². The summed E-state index contributed by atoms with van der Waals surface area (Å²) in [7, 11) is 0. The van der Waals surface area contributed by atoms with Crippen molar-refractivity contribution in [1.29, 1.82) is 0 Å². The van der Waals surface area contributed by atoms with Gasteiger partial charge in [-0.1, -0.05) is 11.6 Å². The summed E-state index contributed by atoms with van der Waals surface area (Å²) < 4.78 is 11.9. The first-order valence-corrected chi connectivity index (χ1v) is 12.7. The van der Waals surface area contributed by atoms with Gasteiger partial charge in [-0.3, -0.25) is 0 Å². The van der Waals surface area contributed by atoms with Crippen molar-refractivity contribution in [2.75, 3.05) is 13.2 Å². The van der Waals surface area contributed by atoms with E-state index in [1.807, 2.05) is 80.6 Å². The van der Waals surface area contributed by atoms with Gasteiger partial charge in [-0.2, -0.15) is 4.73 Å². The number of hydrogen-bond donors (Lipinski definition) is 2. The molecule has 0 atom stereocenters. The standard InChI is InChI=1S/C15H13ClN2O.C15H14N2O2/c1-2-19-11-5-3-10(4-6-11)14-9-12-13(16)7-8-17-15(12)18-14;1-2-19-13-7-5-11(6-8-13)14-10-12-4-3-9-17(18)15(12)16-14/h3-9H,2H2,1H3,(H,17,18);3-10,18H,2H2,1H3. The van der Waals surface area contributed by atoms with E-state index < -0.39 is 0 Å². The smallest absolute Gasteiger partial charge is 0.175 e. The van der Waals surface area contributed by atoms with E-state index in [4.69, 9.17) is 21.1 Å². The van der Waals surface area contributed by atoms with Crippen molar-refractivity contribution in [3.05, 3.63) is 96.3 Å². The number of ether oxygens (including phenoxy) is 2. The third kappa shape index (κ3) is 5.43. The zero-order chi connectivity index (χ0) is 26.5. The number of aromatic nitrogens is 4. The molecule has 2 aromatic carbocycles. The number of halogens is 1. The van der Waals surface area contributed by atoms with Gasteiger partial charge in [0.2, 0.25) is 0 Å². The van der Waals surface area contributed by atoms with E-state index in [1.54, 1.807) is 24.5 Å². The van der Waals surface area contributed by atoms with E-state index in [2.05, 4.69) is 15.0 Å². The van der Waals surface area contributed by atoms with Gasteiger partial charge < -0.3 is 19.7 Å². The molecule has 2 aliphatic rings. The van der Waals surface area contributed by atoms with Crippen LogP contribution in [0.2, 0.25) is 5.02 Å². The average molecular weight is 527 g/mol. The first-order valence-electron chi connectivity index (χ1n) is 12.3. The molecule has 2 aromatic heterocycles. The van der Waals surface area contributed by atoms with Crippen LogP contribution < -0.4 is 9.47 Å². The highest BCUT2D eigenvalue weighted by molar-refractivity contribution is 6.35. The maximum Gasteiger partial charge on any atom is 0.175 e. The van der Waals surface area contributed by atoms with Crippen molar-refractivity contribution < 1.29 is 14.7 Å². The predicted molar refractivity (Wildman–Crippen MR) is 150 cm³/mol. The Labute approximate surface area is 225 Å². The van der Waals surface area contributed by atoms with Crippen LogP contribution in [0.3, 0.4) is 0 Å². The van der Waals surface area contributed by atoms with Gasteiger partial charge >= 0.3 is 0 Å². The number of rotatable bonds is 6. The maximum atomic E-state index is 9.68. The molecular weight excluding hydrogens is 500 g/mol. The molecule has 6 rings (SSSR count). The summed E-state index contributed by atoms with van der Waals surface area (Å²) in [6, 6.07) is 25.2. The van der Waals surface area contributed by atoms with Crippen LogP contribution in [0.1, 0.15) is 13.8 Å². The lowest BCUT2D eigenvalue weighted by Crippen LogP contribution is -1.96. The van der Waals surface area contributed by atoms with E-state index in [0.717, 1.165) is 55.3 Å². The SMILES string of the molecule is CCOc1ccc(-c2cc3c(Cl)ccnc3[nH]2)cc1.CCOc1ccc(-c2cc3cccn(O)c-3n2)cc1. The number of fused-ring (bicyclic) bond motifs is 2. The van der Waals surface area contributed by atoms with Crippen molar-refractivity contribution in [2.45, 2.75) is 13.8 Å². The van der Waals surface area contributed by atoms with Crippen molar-refractivity contribution in [3.8, 4) is 45.4 Å². The van der Waals surface area contributed by atoms with Gasteiger partial charge in [0.15, 0.2) is 5.82 Å². The van der Waals surface area contributed by atoms with Crippen LogP contribution in [0.25, 0.3) is 44.9 Å². The molecule has 0 saturated heterocycles. The first kappa shape index (κ1) is 25.2. The van der Waals surface area contributed by atoms with Gasteiger partial charge in [0.1, 0.15) is 17.1 Å². The Morgan fingerprint density at radius 1 is 0.842 bits per heavy atom. The lowest BCUT2D eigenvalue weighted by atomic mass is 10.1. The first-order chi connectivity index (χ1) is 18.6. The second kappa shape index (κ2) is 11.3. The van der Waals surface area contributed by atoms with Crippen LogP contribution >= 0.6 is 11.6 Å². The molecule has 0 aliphatic carbocycles. The summed E-state index contributed by atoms with van der Waals surface area (Å²) >= 11 is 6.14. The fourth-order valence-corrected chi connectivity index (χ4v) is 4.31. The van der Waals surface area contributed by atoms with Crippen molar-refractivity contribution in [1.82, 2.24) is 19.7 Å². The van der Waals surface area contributed by atoms with Crippen LogP contribution in [0, 0.1) is 0 Å². The van der Waals surface area contributed by atoms with Crippen molar-refractivity contribution in [2.24, 2.45) is 0 Å². The molecule has 4 heterocycles. The van der Waals surface area contributed by atoms with Crippen molar-refractivity contribution >= 4 is 22.6 Å². The molecule has 7 nitrogen and oxygen atoms in total. The lowest BCUT2D eigenvalue weighted by molar-refractivity contribution is 0.187. The highest BCUT2D eigenvalue weighted by Crippen LogP contribution is 2.30. The number of aromatic amines is 1. The van der Waals surface area contributed by atoms with E-state index in [0.29, 0.717) is 24.1 Å². The minimum absolute atomic E-state index is 0.561. The Kier molecular flexibility index (Phi) is 7.47. The normalized spacial score (nSPS) is 10.8. The molecule has 0 spiro atoms. The summed E-state index contributed by atoms with van der Waals surface area (Å²) in [6.07, 6.45) is 3.26. The molecule has 0 saturated carbocycles. The summed E-state index contributed by atoms with van der Waals surface area (Å²) in [4.78, 5) is 12.0. The highest BCUT2D eigenvalue weighted by atomic mass is 35.5. The largest absolute Gasteiger partial charge is 0.494 e. The van der Waals surface area contributed by atoms with Gasteiger partial charge in [0.05, 0.1) is 23.9 Å². The topological polar surface area (TPSA) is 85.2 Å². The average Bonchev–Trinajstić information content (AvgIpc) is 3.57. The Morgan fingerprint density at radius 2 is 1.50 bits per heavy atom. The summed E-state index contributed by atoms with van der Waals surface area (Å²) in [5.41, 5.74) is 5.63. The Balaban J connectivity index is 0.000000155. The number of nitrogens with one attached hydrogen (secondary N) is 1. The van der Waals surface area contributed by atoms with Gasteiger partial charge in [-0.05, 0) is 98.3 Å². The molecule has 0 unspecified atom stereocenters. The Morgan fingerprint density at radius 3 is 2.11 bits per heavy atom. The van der Waals surface area contributed by atoms with Crippen LogP contribution in [0.15, 0.2) is 91.3 Å². The number of benzene rings is 2. The number of hydrogen-bond acceptors (Lipinski definition) is 5. The van der Waals surface area contributed by atoms with E-state index in [9.17, 15) is 5.21 Å². The third-order valence-electron chi connectivity index (χ3n) is 5.91. The molecule has 4 aromatic rings. The van der Waals surface area contributed by atoms with Gasteiger partial charge in [0.25, 0.3) is 0 Å².